The lowest BCUT2D eigenvalue weighted by Crippen LogP contribution is -2.32. The fourth-order valence-electron chi connectivity index (χ4n) is 2.71. The first kappa shape index (κ1) is 19.4. The molecule has 1 N–H and O–H groups in total. The normalized spacial score (nSPS) is 10.3. The Bertz CT molecular complexity index is 843. The van der Waals surface area contributed by atoms with Crippen LogP contribution in [0.2, 0.25) is 0 Å². The Labute approximate surface area is 154 Å². The van der Waals surface area contributed by atoms with Crippen LogP contribution < -0.4 is 10.2 Å². The third kappa shape index (κ3) is 5.02. The van der Waals surface area contributed by atoms with E-state index >= 15 is 0 Å². The second-order valence-corrected chi connectivity index (χ2v) is 6.40. The number of aryl methyl sites for hydroxylation is 2. The second kappa shape index (κ2) is 8.43. The summed E-state index contributed by atoms with van der Waals surface area (Å²) in [5.41, 5.74) is 3.99. The molecule has 0 radical (unpaired) electrons. The van der Waals surface area contributed by atoms with Crippen LogP contribution in [0.4, 0.5) is 11.4 Å². The first-order chi connectivity index (χ1) is 12.3. The second-order valence-electron chi connectivity index (χ2n) is 6.40. The molecule has 5 nitrogen and oxygen atoms in total. The van der Waals surface area contributed by atoms with Gasteiger partial charge < -0.3 is 10.2 Å². The minimum absolute atomic E-state index is 0.0567. The van der Waals surface area contributed by atoms with E-state index in [1.54, 1.807) is 29.2 Å². The van der Waals surface area contributed by atoms with Gasteiger partial charge in [0.25, 0.3) is 0 Å². The van der Waals surface area contributed by atoms with Gasteiger partial charge >= 0.3 is 0 Å². The van der Waals surface area contributed by atoms with E-state index in [0.29, 0.717) is 11.3 Å². The Morgan fingerprint density at radius 2 is 1.73 bits per heavy atom. The molecule has 0 aliphatic rings. The Kier molecular flexibility index (Phi) is 6.28. The van der Waals surface area contributed by atoms with Gasteiger partial charge in [0, 0.05) is 36.8 Å². The number of carbonyl (C=O) groups excluding carboxylic acids is 3. The predicted octanol–water partition coefficient (Wildman–Crippen LogP) is 3.89. The topological polar surface area (TPSA) is 66.5 Å². The molecule has 2 rings (SSSR count). The SMILES string of the molecule is CC(=O)c1cccc(NC(=O)CCN(C(C)=O)c2cc(C)ccc2C)c1. The fraction of sp³-hybridized carbons (Fsp3) is 0.286. The van der Waals surface area contributed by atoms with Gasteiger partial charge in [-0.3, -0.25) is 14.4 Å². The average molecular weight is 352 g/mol. The first-order valence-electron chi connectivity index (χ1n) is 8.54. The molecule has 0 aromatic heterocycles. The zero-order valence-corrected chi connectivity index (χ0v) is 15.6. The van der Waals surface area contributed by atoms with Crippen LogP contribution >= 0.6 is 0 Å². The van der Waals surface area contributed by atoms with Crippen molar-refractivity contribution in [2.45, 2.75) is 34.1 Å². The number of anilines is 2. The summed E-state index contributed by atoms with van der Waals surface area (Å²) in [7, 11) is 0. The van der Waals surface area contributed by atoms with E-state index in [4.69, 9.17) is 0 Å². The van der Waals surface area contributed by atoms with E-state index in [1.165, 1.54) is 13.8 Å². The molecule has 136 valence electrons. The number of hydrogen-bond acceptors (Lipinski definition) is 3. The van der Waals surface area contributed by atoms with Gasteiger partial charge in [0.05, 0.1) is 0 Å². The largest absolute Gasteiger partial charge is 0.326 e. The Morgan fingerprint density at radius 1 is 1.00 bits per heavy atom. The zero-order valence-electron chi connectivity index (χ0n) is 15.6. The number of rotatable bonds is 6. The van der Waals surface area contributed by atoms with Gasteiger partial charge in [-0.2, -0.15) is 0 Å². The van der Waals surface area contributed by atoms with E-state index in [-0.39, 0.29) is 30.6 Å². The monoisotopic (exact) mass is 352 g/mol. The number of nitrogens with one attached hydrogen (secondary N) is 1. The smallest absolute Gasteiger partial charge is 0.226 e. The van der Waals surface area contributed by atoms with Gasteiger partial charge in [0.1, 0.15) is 0 Å². The molecular weight excluding hydrogens is 328 g/mol. The predicted molar refractivity (Wildman–Crippen MR) is 104 cm³/mol. The van der Waals surface area contributed by atoms with Gasteiger partial charge in [-0.05, 0) is 50.1 Å². The summed E-state index contributed by atoms with van der Waals surface area (Å²) in [6.07, 6.45) is 0.164. The highest BCUT2D eigenvalue weighted by Gasteiger charge is 2.16. The molecular formula is C21H24N2O3. The third-order valence-corrected chi connectivity index (χ3v) is 4.15. The van der Waals surface area contributed by atoms with E-state index in [1.807, 2.05) is 32.0 Å². The Hall–Kier alpha value is -2.95. The van der Waals surface area contributed by atoms with Gasteiger partial charge in [-0.15, -0.1) is 0 Å². The lowest BCUT2D eigenvalue weighted by atomic mass is 10.1. The van der Waals surface area contributed by atoms with Crippen molar-refractivity contribution in [3.8, 4) is 0 Å². The quantitative estimate of drug-likeness (QED) is 0.802. The van der Waals surface area contributed by atoms with Crippen LogP contribution in [0.25, 0.3) is 0 Å². The van der Waals surface area contributed by atoms with Gasteiger partial charge in [0.2, 0.25) is 11.8 Å². The number of benzene rings is 2. The van der Waals surface area contributed by atoms with Crippen molar-refractivity contribution in [3.05, 3.63) is 59.2 Å². The van der Waals surface area contributed by atoms with Crippen molar-refractivity contribution in [1.82, 2.24) is 0 Å². The van der Waals surface area contributed by atoms with Gasteiger partial charge in [0.15, 0.2) is 5.78 Å². The minimum Gasteiger partial charge on any atom is -0.326 e. The Balaban J connectivity index is 2.06. The molecule has 26 heavy (non-hydrogen) atoms. The maximum absolute atomic E-state index is 12.3. The molecule has 0 atom stereocenters. The molecule has 0 fully saturated rings. The molecule has 0 aliphatic carbocycles. The highest BCUT2D eigenvalue weighted by atomic mass is 16.2. The molecule has 0 unspecified atom stereocenters. The fourth-order valence-corrected chi connectivity index (χ4v) is 2.71. The van der Waals surface area contributed by atoms with Crippen LogP contribution in [0.5, 0.6) is 0 Å². The van der Waals surface area contributed by atoms with Crippen LogP contribution in [0, 0.1) is 13.8 Å². The molecule has 0 heterocycles. The van der Waals surface area contributed by atoms with Crippen molar-refractivity contribution in [3.63, 3.8) is 0 Å². The summed E-state index contributed by atoms with van der Waals surface area (Å²) < 4.78 is 0. The van der Waals surface area contributed by atoms with Crippen LogP contribution in [0.3, 0.4) is 0 Å². The highest BCUT2D eigenvalue weighted by Crippen LogP contribution is 2.22. The van der Waals surface area contributed by atoms with E-state index in [9.17, 15) is 14.4 Å². The number of nitrogens with zero attached hydrogens (tertiary/aromatic N) is 1. The first-order valence-corrected chi connectivity index (χ1v) is 8.54. The lowest BCUT2D eigenvalue weighted by molar-refractivity contribution is -0.117. The molecule has 0 aliphatic heterocycles. The summed E-state index contributed by atoms with van der Waals surface area (Å²) >= 11 is 0. The molecule has 0 bridgehead atoms. The van der Waals surface area contributed by atoms with Crippen LogP contribution in [-0.2, 0) is 9.59 Å². The van der Waals surface area contributed by atoms with Crippen molar-refractivity contribution >= 4 is 29.0 Å². The summed E-state index contributed by atoms with van der Waals surface area (Å²) in [4.78, 5) is 37.4. The van der Waals surface area contributed by atoms with Gasteiger partial charge in [-0.1, -0.05) is 24.3 Å². The van der Waals surface area contributed by atoms with E-state index in [2.05, 4.69) is 5.32 Å². The molecule has 0 saturated heterocycles. The van der Waals surface area contributed by atoms with Crippen molar-refractivity contribution in [2.75, 3.05) is 16.8 Å². The summed E-state index contributed by atoms with van der Waals surface area (Å²) in [5, 5.41) is 2.78. The molecule has 5 heteroatoms. The number of ketones is 1. The van der Waals surface area contributed by atoms with Crippen molar-refractivity contribution in [1.29, 1.82) is 0 Å². The number of hydrogen-bond donors (Lipinski definition) is 1. The Morgan fingerprint density at radius 3 is 2.38 bits per heavy atom. The molecule has 2 aromatic carbocycles. The number of carbonyl (C=O) groups is 3. The molecule has 0 saturated carbocycles. The standard InChI is InChI=1S/C21H24N2O3/c1-14-8-9-15(2)20(12-14)23(17(4)25)11-10-21(26)22-19-7-5-6-18(13-19)16(3)24/h5-9,12-13H,10-11H2,1-4H3,(H,22,26). The van der Waals surface area contributed by atoms with Crippen LogP contribution in [-0.4, -0.2) is 24.1 Å². The maximum Gasteiger partial charge on any atom is 0.226 e. The lowest BCUT2D eigenvalue weighted by Gasteiger charge is -2.23. The highest BCUT2D eigenvalue weighted by molar-refractivity contribution is 5.98. The third-order valence-electron chi connectivity index (χ3n) is 4.15. The zero-order chi connectivity index (χ0) is 19.3. The molecule has 2 amide bonds. The van der Waals surface area contributed by atoms with Crippen LogP contribution in [0.15, 0.2) is 42.5 Å². The summed E-state index contributed by atoms with van der Waals surface area (Å²) in [6.45, 7) is 7.18. The molecule has 2 aromatic rings. The summed E-state index contributed by atoms with van der Waals surface area (Å²) in [6, 6.07) is 12.7. The van der Waals surface area contributed by atoms with E-state index in [0.717, 1.165) is 16.8 Å². The van der Waals surface area contributed by atoms with Gasteiger partial charge in [-0.25, -0.2) is 0 Å². The minimum atomic E-state index is -0.206. The number of amides is 2. The number of Topliss-reactive ketones (excluding diaryl/α,β-unsaturated/α-hetero) is 1. The van der Waals surface area contributed by atoms with Crippen molar-refractivity contribution < 1.29 is 14.4 Å². The van der Waals surface area contributed by atoms with Crippen molar-refractivity contribution in [2.24, 2.45) is 0 Å². The van der Waals surface area contributed by atoms with Crippen LogP contribution in [0.1, 0.15) is 41.8 Å². The molecule has 0 spiro atoms. The average Bonchev–Trinajstić information content (AvgIpc) is 2.58. The van der Waals surface area contributed by atoms with E-state index < -0.39 is 0 Å². The maximum atomic E-state index is 12.3. The summed E-state index contributed by atoms with van der Waals surface area (Å²) in [5.74, 6) is -0.369.